The number of ether oxygens (including phenoxy) is 3. The van der Waals surface area contributed by atoms with Gasteiger partial charge < -0.3 is 34.4 Å². The van der Waals surface area contributed by atoms with Gasteiger partial charge in [-0.2, -0.15) is 0 Å². The monoisotopic (exact) mass is 496 g/mol. The Morgan fingerprint density at radius 3 is 2.22 bits per heavy atom. The molecule has 0 fully saturated rings. The molecule has 0 aliphatic heterocycles. The third kappa shape index (κ3) is 5.43. The Kier molecular flexibility index (Phi) is 8.21. The average Bonchev–Trinajstić information content (AvgIpc) is 2.86. The van der Waals surface area contributed by atoms with E-state index in [4.69, 9.17) is 18.6 Å². The molecule has 0 radical (unpaired) electrons. The van der Waals surface area contributed by atoms with Crippen molar-refractivity contribution >= 4 is 17.5 Å². The van der Waals surface area contributed by atoms with Gasteiger partial charge in [0.05, 0.1) is 26.9 Å². The summed E-state index contributed by atoms with van der Waals surface area (Å²) in [5, 5.41) is 16.0. The van der Waals surface area contributed by atoms with Gasteiger partial charge in [-0.25, -0.2) is 4.79 Å². The summed E-state index contributed by atoms with van der Waals surface area (Å²) in [7, 11) is 5.85. The Balaban J connectivity index is 2.05. The standard InChI is InChI=1S/C26H28N2O8/c1-14-12-19(29)22(26(32)36-14)18(17-10-11-20(33-3)24(35-5)23(17)34-4)13-21(30)28-16-8-6-15(7-9-16)25(31)27-2/h6-12,18,29H,13H2,1-5H3,(H,27,31)(H,28,30)/t18-/m1/s1. The lowest BCUT2D eigenvalue weighted by Gasteiger charge is -2.22. The second-order valence-electron chi connectivity index (χ2n) is 7.83. The summed E-state index contributed by atoms with van der Waals surface area (Å²) < 4.78 is 21.6. The van der Waals surface area contributed by atoms with Crippen LogP contribution in [0.25, 0.3) is 0 Å². The van der Waals surface area contributed by atoms with Crippen LogP contribution >= 0.6 is 0 Å². The third-order valence-corrected chi connectivity index (χ3v) is 5.60. The van der Waals surface area contributed by atoms with E-state index < -0.39 is 17.5 Å². The summed E-state index contributed by atoms with van der Waals surface area (Å²) >= 11 is 0. The number of methoxy groups -OCH3 is 3. The molecular weight excluding hydrogens is 468 g/mol. The van der Waals surface area contributed by atoms with Gasteiger partial charge in [0.15, 0.2) is 11.5 Å². The molecule has 1 aromatic heterocycles. The van der Waals surface area contributed by atoms with E-state index in [1.54, 1.807) is 36.4 Å². The molecule has 0 unspecified atom stereocenters. The third-order valence-electron chi connectivity index (χ3n) is 5.60. The lowest BCUT2D eigenvalue weighted by atomic mass is 9.87. The van der Waals surface area contributed by atoms with Crippen molar-refractivity contribution < 1.29 is 33.3 Å². The molecular formula is C26H28N2O8. The molecule has 0 aliphatic rings. The van der Waals surface area contributed by atoms with Crippen molar-refractivity contribution in [2.45, 2.75) is 19.3 Å². The van der Waals surface area contributed by atoms with Gasteiger partial charge in [-0.3, -0.25) is 9.59 Å². The van der Waals surface area contributed by atoms with Gasteiger partial charge in [-0.1, -0.05) is 6.07 Å². The van der Waals surface area contributed by atoms with Crippen molar-refractivity contribution in [3.8, 4) is 23.0 Å². The van der Waals surface area contributed by atoms with Gasteiger partial charge >= 0.3 is 5.63 Å². The minimum atomic E-state index is -0.957. The van der Waals surface area contributed by atoms with Crippen molar-refractivity contribution in [3.63, 3.8) is 0 Å². The highest BCUT2D eigenvalue weighted by Crippen LogP contribution is 2.46. The van der Waals surface area contributed by atoms with Gasteiger partial charge in [0.2, 0.25) is 11.7 Å². The first-order chi connectivity index (χ1) is 17.2. The maximum Gasteiger partial charge on any atom is 0.343 e. The predicted octanol–water partition coefficient (Wildman–Crippen LogP) is 3.20. The number of hydrogen-bond donors (Lipinski definition) is 3. The summed E-state index contributed by atoms with van der Waals surface area (Å²) in [6, 6.07) is 10.9. The van der Waals surface area contributed by atoms with Crippen molar-refractivity contribution in [2.24, 2.45) is 0 Å². The largest absolute Gasteiger partial charge is 0.507 e. The van der Waals surface area contributed by atoms with Crippen LogP contribution in [0.1, 0.15) is 39.6 Å². The Morgan fingerprint density at radius 1 is 1.00 bits per heavy atom. The van der Waals surface area contributed by atoms with Crippen LogP contribution in [0.2, 0.25) is 0 Å². The number of hydrogen-bond acceptors (Lipinski definition) is 8. The van der Waals surface area contributed by atoms with Gasteiger partial charge in [-0.05, 0) is 37.3 Å². The van der Waals surface area contributed by atoms with Crippen LogP contribution < -0.4 is 30.5 Å². The number of amides is 2. The van der Waals surface area contributed by atoms with Gasteiger partial charge in [0.25, 0.3) is 5.91 Å². The van der Waals surface area contributed by atoms with E-state index in [-0.39, 0.29) is 40.9 Å². The summed E-state index contributed by atoms with van der Waals surface area (Å²) in [6.45, 7) is 1.53. The van der Waals surface area contributed by atoms with Crippen molar-refractivity contribution in [1.82, 2.24) is 5.32 Å². The van der Waals surface area contributed by atoms with Crippen LogP contribution in [-0.4, -0.2) is 45.3 Å². The molecule has 0 spiro atoms. The Labute approximate surface area is 207 Å². The highest BCUT2D eigenvalue weighted by molar-refractivity contribution is 5.96. The van der Waals surface area contributed by atoms with Crippen LogP contribution in [0.5, 0.6) is 23.0 Å². The molecule has 36 heavy (non-hydrogen) atoms. The lowest BCUT2D eigenvalue weighted by molar-refractivity contribution is -0.116. The highest BCUT2D eigenvalue weighted by Gasteiger charge is 2.30. The van der Waals surface area contributed by atoms with Gasteiger partial charge in [0, 0.05) is 42.3 Å². The van der Waals surface area contributed by atoms with Crippen LogP contribution in [0.15, 0.2) is 51.7 Å². The summed E-state index contributed by atoms with van der Waals surface area (Å²) in [6.07, 6.45) is -0.246. The van der Waals surface area contributed by atoms with E-state index in [2.05, 4.69) is 10.6 Å². The molecule has 3 rings (SSSR count). The zero-order chi connectivity index (χ0) is 26.4. The molecule has 1 heterocycles. The first kappa shape index (κ1) is 26.1. The topological polar surface area (TPSA) is 136 Å². The Hall–Kier alpha value is -4.47. The number of carbonyl (C=O) groups is 2. The van der Waals surface area contributed by atoms with Crippen LogP contribution in [0.3, 0.4) is 0 Å². The maximum atomic E-state index is 13.1. The lowest BCUT2D eigenvalue weighted by Crippen LogP contribution is -2.22. The number of aromatic hydroxyl groups is 1. The first-order valence-electron chi connectivity index (χ1n) is 11.0. The molecule has 0 aliphatic carbocycles. The smallest absolute Gasteiger partial charge is 0.343 e. The number of nitrogens with one attached hydrogen (secondary N) is 2. The second kappa shape index (κ2) is 11.3. The van der Waals surface area contributed by atoms with E-state index in [0.717, 1.165) is 0 Å². The minimum absolute atomic E-state index is 0.101. The molecule has 0 bridgehead atoms. The zero-order valence-corrected chi connectivity index (χ0v) is 20.6. The predicted molar refractivity (Wildman–Crippen MR) is 132 cm³/mol. The van der Waals surface area contributed by atoms with Crippen LogP contribution in [-0.2, 0) is 4.79 Å². The number of carbonyl (C=O) groups excluding carboxylic acids is 2. The molecule has 10 heteroatoms. The van der Waals surface area contributed by atoms with Crippen molar-refractivity contribution in [3.05, 3.63) is 75.3 Å². The van der Waals surface area contributed by atoms with E-state index in [9.17, 15) is 19.5 Å². The normalized spacial score (nSPS) is 11.4. The van der Waals surface area contributed by atoms with Gasteiger partial charge in [0.1, 0.15) is 11.5 Å². The zero-order valence-electron chi connectivity index (χ0n) is 20.6. The molecule has 0 saturated carbocycles. The fourth-order valence-electron chi connectivity index (χ4n) is 3.94. The Bertz CT molecular complexity index is 1310. The molecule has 2 amide bonds. The molecule has 0 saturated heterocycles. The van der Waals surface area contributed by atoms with E-state index in [1.165, 1.54) is 41.4 Å². The Morgan fingerprint density at radius 2 is 1.67 bits per heavy atom. The number of rotatable bonds is 9. The average molecular weight is 497 g/mol. The van der Waals surface area contributed by atoms with E-state index in [1.807, 2.05) is 0 Å². The summed E-state index contributed by atoms with van der Waals surface area (Å²) in [5.74, 6) is -0.862. The maximum absolute atomic E-state index is 13.1. The SMILES string of the molecule is CNC(=O)c1ccc(NC(=O)C[C@H](c2ccc(OC)c(OC)c2OC)c2c(O)cc(C)oc2=O)cc1. The van der Waals surface area contributed by atoms with Gasteiger partial charge in [-0.15, -0.1) is 0 Å². The quantitative estimate of drug-likeness (QED) is 0.411. The number of aryl methyl sites for hydroxylation is 1. The summed E-state index contributed by atoms with van der Waals surface area (Å²) in [4.78, 5) is 37.7. The molecule has 3 aromatic rings. The van der Waals surface area contributed by atoms with Crippen molar-refractivity contribution in [1.29, 1.82) is 0 Å². The van der Waals surface area contributed by atoms with E-state index in [0.29, 0.717) is 22.6 Å². The fraction of sp³-hybridized carbons (Fsp3) is 0.269. The number of anilines is 1. The fourth-order valence-corrected chi connectivity index (χ4v) is 3.94. The van der Waals surface area contributed by atoms with Crippen molar-refractivity contribution in [2.75, 3.05) is 33.7 Å². The minimum Gasteiger partial charge on any atom is -0.507 e. The first-order valence-corrected chi connectivity index (χ1v) is 11.0. The summed E-state index contributed by atoms with van der Waals surface area (Å²) in [5.41, 5.74) is 0.413. The molecule has 190 valence electrons. The number of benzene rings is 2. The highest BCUT2D eigenvalue weighted by atomic mass is 16.5. The molecule has 1 atom stereocenters. The molecule has 2 aromatic carbocycles. The van der Waals surface area contributed by atoms with E-state index >= 15 is 0 Å². The molecule has 10 nitrogen and oxygen atoms in total. The second-order valence-corrected chi connectivity index (χ2v) is 7.83. The van der Waals surface area contributed by atoms with Crippen LogP contribution in [0.4, 0.5) is 5.69 Å². The molecule has 3 N–H and O–H groups in total. The van der Waals surface area contributed by atoms with Crippen LogP contribution in [0, 0.1) is 6.92 Å².